The molecule has 86 valence electrons. The summed E-state index contributed by atoms with van der Waals surface area (Å²) in [5.74, 6) is 1.47. The third kappa shape index (κ3) is 1.55. The fourth-order valence-corrected chi connectivity index (χ4v) is 3.10. The molecular weight excluding hydrogens is 204 g/mol. The van der Waals surface area contributed by atoms with E-state index in [1.165, 1.54) is 25.5 Å². The van der Waals surface area contributed by atoms with Gasteiger partial charge in [0.25, 0.3) is 0 Å². The number of ether oxygens (including phenoxy) is 1. The topological polar surface area (TPSA) is 39.4 Å². The van der Waals surface area contributed by atoms with E-state index in [4.69, 9.17) is 9.15 Å². The molecule has 16 heavy (non-hydrogen) atoms. The van der Waals surface area contributed by atoms with Crippen molar-refractivity contribution in [1.82, 2.24) is 0 Å². The van der Waals surface area contributed by atoms with Gasteiger partial charge in [-0.05, 0) is 50.5 Å². The first kappa shape index (κ1) is 9.94. The van der Waals surface area contributed by atoms with Gasteiger partial charge in [0.05, 0.1) is 6.26 Å². The van der Waals surface area contributed by atoms with Crippen molar-refractivity contribution in [3.8, 4) is 0 Å². The van der Waals surface area contributed by atoms with E-state index < -0.39 is 0 Å². The highest BCUT2D eigenvalue weighted by molar-refractivity contribution is 5.88. The monoisotopic (exact) mass is 220 g/mol. The maximum absolute atomic E-state index is 11.8. The molecule has 1 aromatic rings. The van der Waals surface area contributed by atoms with E-state index in [-0.39, 0.29) is 12.1 Å². The van der Waals surface area contributed by atoms with Crippen LogP contribution in [0.4, 0.5) is 0 Å². The Morgan fingerprint density at radius 3 is 2.88 bits per heavy atom. The normalized spacial score (nSPS) is 31.9. The lowest BCUT2D eigenvalue weighted by molar-refractivity contribution is 0.0124. The van der Waals surface area contributed by atoms with Crippen LogP contribution in [0.3, 0.4) is 0 Å². The van der Waals surface area contributed by atoms with Crippen LogP contribution in [0.25, 0.3) is 0 Å². The van der Waals surface area contributed by atoms with Gasteiger partial charge in [0.15, 0.2) is 0 Å². The lowest BCUT2D eigenvalue weighted by atomic mass is 9.98. The van der Waals surface area contributed by atoms with Crippen LogP contribution in [0.5, 0.6) is 0 Å². The summed E-state index contributed by atoms with van der Waals surface area (Å²) >= 11 is 0. The first-order valence-electron chi connectivity index (χ1n) is 5.99. The van der Waals surface area contributed by atoms with Gasteiger partial charge in [-0.3, -0.25) is 0 Å². The highest BCUT2D eigenvalue weighted by Crippen LogP contribution is 2.46. The van der Waals surface area contributed by atoms with E-state index in [1.54, 1.807) is 6.07 Å². The van der Waals surface area contributed by atoms with E-state index in [9.17, 15) is 4.79 Å². The van der Waals surface area contributed by atoms with Crippen molar-refractivity contribution in [3.05, 3.63) is 23.7 Å². The van der Waals surface area contributed by atoms with E-state index in [1.807, 2.05) is 6.92 Å². The fraction of sp³-hybridized carbons (Fsp3) is 0.615. The molecule has 0 aliphatic heterocycles. The molecule has 0 N–H and O–H groups in total. The van der Waals surface area contributed by atoms with Crippen LogP contribution < -0.4 is 0 Å². The molecule has 3 heteroatoms. The van der Waals surface area contributed by atoms with Gasteiger partial charge in [-0.2, -0.15) is 0 Å². The number of rotatable bonds is 2. The Labute approximate surface area is 94.8 Å². The summed E-state index contributed by atoms with van der Waals surface area (Å²) in [5, 5.41) is 0. The molecule has 0 aromatic carbocycles. The number of furan rings is 1. The second-order valence-corrected chi connectivity index (χ2v) is 5.05. The number of carbonyl (C=O) groups excluding carboxylic acids is 1. The number of fused-ring (bicyclic) bond motifs is 2. The number of esters is 1. The highest BCUT2D eigenvalue weighted by atomic mass is 16.6. The fourth-order valence-electron chi connectivity index (χ4n) is 3.10. The molecule has 0 amide bonds. The Morgan fingerprint density at radius 2 is 2.31 bits per heavy atom. The molecular formula is C13H16O3. The molecule has 3 rings (SSSR count). The zero-order chi connectivity index (χ0) is 11.1. The van der Waals surface area contributed by atoms with Crippen molar-refractivity contribution in [2.24, 2.45) is 11.8 Å². The Bertz CT molecular complexity index is 407. The molecule has 0 radical (unpaired) electrons. The average molecular weight is 220 g/mol. The molecule has 0 saturated heterocycles. The molecule has 1 heterocycles. The number of hydrogen-bond donors (Lipinski definition) is 0. The molecule has 2 bridgehead atoms. The molecule has 3 atom stereocenters. The minimum Gasteiger partial charge on any atom is -0.457 e. The summed E-state index contributed by atoms with van der Waals surface area (Å²) in [6.07, 6.45) is 6.51. The van der Waals surface area contributed by atoms with Gasteiger partial charge < -0.3 is 9.15 Å². The van der Waals surface area contributed by atoms with E-state index in [2.05, 4.69) is 0 Å². The Balaban J connectivity index is 1.67. The van der Waals surface area contributed by atoms with E-state index >= 15 is 0 Å². The van der Waals surface area contributed by atoms with Crippen LogP contribution in [-0.2, 0) is 4.74 Å². The van der Waals surface area contributed by atoms with Crippen molar-refractivity contribution in [3.63, 3.8) is 0 Å². The zero-order valence-electron chi connectivity index (χ0n) is 9.44. The second kappa shape index (κ2) is 3.65. The molecule has 2 saturated carbocycles. The SMILES string of the molecule is Cc1ccoc1C(=O)OC1CC2CCC1C2. The Morgan fingerprint density at radius 1 is 1.44 bits per heavy atom. The van der Waals surface area contributed by atoms with Crippen LogP contribution >= 0.6 is 0 Å². The Hall–Kier alpha value is -1.25. The van der Waals surface area contributed by atoms with Crippen LogP contribution in [0.1, 0.15) is 41.8 Å². The summed E-state index contributed by atoms with van der Waals surface area (Å²) in [7, 11) is 0. The average Bonchev–Trinajstić information content (AvgIpc) is 2.92. The van der Waals surface area contributed by atoms with Gasteiger partial charge in [-0.1, -0.05) is 0 Å². The predicted molar refractivity (Wildman–Crippen MR) is 58.1 cm³/mol. The van der Waals surface area contributed by atoms with Crippen LogP contribution in [0.2, 0.25) is 0 Å². The molecule has 3 nitrogen and oxygen atoms in total. The van der Waals surface area contributed by atoms with Gasteiger partial charge >= 0.3 is 5.97 Å². The second-order valence-electron chi connectivity index (χ2n) is 5.05. The van der Waals surface area contributed by atoms with Crippen molar-refractivity contribution in [2.75, 3.05) is 0 Å². The smallest absolute Gasteiger partial charge is 0.374 e. The third-order valence-corrected chi connectivity index (χ3v) is 3.98. The first-order valence-corrected chi connectivity index (χ1v) is 5.99. The summed E-state index contributed by atoms with van der Waals surface area (Å²) in [6.45, 7) is 1.86. The van der Waals surface area contributed by atoms with Gasteiger partial charge in [0.2, 0.25) is 5.76 Å². The highest BCUT2D eigenvalue weighted by Gasteiger charge is 2.42. The largest absolute Gasteiger partial charge is 0.457 e. The summed E-state index contributed by atoms with van der Waals surface area (Å²) in [6, 6.07) is 1.79. The zero-order valence-corrected chi connectivity index (χ0v) is 9.44. The van der Waals surface area contributed by atoms with Gasteiger partial charge in [0.1, 0.15) is 6.10 Å². The number of hydrogen-bond acceptors (Lipinski definition) is 3. The van der Waals surface area contributed by atoms with Gasteiger partial charge in [0, 0.05) is 5.56 Å². The van der Waals surface area contributed by atoms with Crippen molar-refractivity contribution < 1.29 is 13.9 Å². The molecule has 3 unspecified atom stereocenters. The molecule has 2 aliphatic rings. The first-order chi connectivity index (χ1) is 7.74. The molecule has 0 spiro atoms. The van der Waals surface area contributed by atoms with Crippen molar-refractivity contribution in [1.29, 1.82) is 0 Å². The maximum Gasteiger partial charge on any atom is 0.374 e. The predicted octanol–water partition coefficient (Wildman–Crippen LogP) is 2.93. The van der Waals surface area contributed by atoms with Gasteiger partial charge in [-0.15, -0.1) is 0 Å². The summed E-state index contributed by atoms with van der Waals surface area (Å²) in [4.78, 5) is 11.8. The standard InChI is InChI=1S/C13H16O3/c1-8-4-5-15-12(8)13(14)16-11-7-9-2-3-10(11)6-9/h4-5,9-11H,2-3,6-7H2,1H3. The van der Waals surface area contributed by atoms with Crippen LogP contribution in [0, 0.1) is 18.8 Å². The lowest BCUT2D eigenvalue weighted by Crippen LogP contribution is -2.24. The molecule has 2 aliphatic carbocycles. The van der Waals surface area contributed by atoms with Crippen molar-refractivity contribution >= 4 is 5.97 Å². The number of aryl methyl sites for hydroxylation is 1. The molecule has 1 aromatic heterocycles. The minimum atomic E-state index is -0.292. The van der Waals surface area contributed by atoms with Crippen LogP contribution in [-0.4, -0.2) is 12.1 Å². The summed E-state index contributed by atoms with van der Waals surface area (Å²) < 4.78 is 10.7. The molecule has 2 fully saturated rings. The van der Waals surface area contributed by atoms with Gasteiger partial charge in [-0.25, -0.2) is 4.79 Å². The van der Waals surface area contributed by atoms with Crippen molar-refractivity contribution in [2.45, 2.75) is 38.7 Å². The maximum atomic E-state index is 11.8. The summed E-state index contributed by atoms with van der Waals surface area (Å²) in [5.41, 5.74) is 0.855. The lowest BCUT2D eigenvalue weighted by Gasteiger charge is -2.21. The van der Waals surface area contributed by atoms with E-state index in [0.717, 1.165) is 17.9 Å². The minimum absolute atomic E-state index is 0.135. The quantitative estimate of drug-likeness (QED) is 0.719. The van der Waals surface area contributed by atoms with E-state index in [0.29, 0.717) is 11.7 Å². The van der Waals surface area contributed by atoms with Crippen LogP contribution in [0.15, 0.2) is 16.7 Å². The number of carbonyl (C=O) groups is 1. The Kier molecular flexibility index (Phi) is 2.27. The third-order valence-electron chi connectivity index (χ3n) is 3.98.